The second kappa shape index (κ2) is 6.89. The molecule has 25 heavy (non-hydrogen) atoms. The van der Waals surface area contributed by atoms with Crippen LogP contribution in [0.3, 0.4) is 0 Å². The molecule has 2 N–H and O–H groups in total. The lowest BCUT2D eigenvalue weighted by Crippen LogP contribution is -2.63. The van der Waals surface area contributed by atoms with Gasteiger partial charge in [0.05, 0.1) is 12.6 Å². The third kappa shape index (κ3) is 4.21. The highest BCUT2D eigenvalue weighted by Gasteiger charge is 2.34. The Morgan fingerprint density at radius 3 is 2.80 bits per heavy atom. The van der Waals surface area contributed by atoms with E-state index in [4.69, 9.17) is 4.74 Å². The van der Waals surface area contributed by atoms with Crippen LogP contribution in [0.1, 0.15) is 38.8 Å². The number of nitrogens with one attached hydrogen (secondary N) is 2. The first kappa shape index (κ1) is 17.5. The minimum Gasteiger partial charge on any atom is -0.444 e. The molecule has 3 rings (SSSR count). The van der Waals surface area contributed by atoms with Crippen molar-refractivity contribution in [1.29, 1.82) is 0 Å². The van der Waals surface area contributed by atoms with Crippen LogP contribution >= 0.6 is 0 Å². The van der Waals surface area contributed by atoms with Crippen LogP contribution in [0.15, 0.2) is 4.99 Å². The summed E-state index contributed by atoms with van der Waals surface area (Å²) in [6, 6.07) is 0.169. The maximum Gasteiger partial charge on any atom is 0.410 e. The van der Waals surface area contributed by atoms with Crippen LogP contribution in [0.25, 0.3) is 0 Å². The van der Waals surface area contributed by atoms with Crippen LogP contribution in [0.5, 0.6) is 0 Å². The first-order valence-corrected chi connectivity index (χ1v) is 8.72. The highest BCUT2D eigenvalue weighted by atomic mass is 16.6. The van der Waals surface area contributed by atoms with Gasteiger partial charge in [0.1, 0.15) is 11.4 Å². The van der Waals surface area contributed by atoms with Crippen molar-refractivity contribution < 1.29 is 9.53 Å². The van der Waals surface area contributed by atoms with Crippen molar-refractivity contribution in [2.45, 2.75) is 58.3 Å². The summed E-state index contributed by atoms with van der Waals surface area (Å²) in [5, 5.41) is 15.0. The molecule has 1 saturated heterocycles. The third-order valence-electron chi connectivity index (χ3n) is 4.20. The van der Waals surface area contributed by atoms with Crippen molar-refractivity contribution in [2.75, 3.05) is 20.1 Å². The molecule has 9 nitrogen and oxygen atoms in total. The molecule has 0 unspecified atom stereocenters. The summed E-state index contributed by atoms with van der Waals surface area (Å²) in [5.74, 6) is 2.69. The summed E-state index contributed by atoms with van der Waals surface area (Å²) in [6.07, 6.45) is 1.86. The Bertz CT molecular complexity index is 656. The molecule has 0 saturated carbocycles. The molecule has 0 aliphatic carbocycles. The summed E-state index contributed by atoms with van der Waals surface area (Å²) in [7, 11) is 1.73. The number of amides is 1. The normalized spacial score (nSPS) is 17.9. The Labute approximate surface area is 147 Å². The number of fused-ring (bicyclic) bond motifs is 1. The van der Waals surface area contributed by atoms with E-state index in [9.17, 15) is 4.79 Å². The van der Waals surface area contributed by atoms with E-state index in [1.165, 1.54) is 0 Å². The molecule has 138 valence electrons. The molecule has 1 aromatic heterocycles. The van der Waals surface area contributed by atoms with E-state index in [-0.39, 0.29) is 12.1 Å². The van der Waals surface area contributed by atoms with Crippen LogP contribution in [0.2, 0.25) is 0 Å². The zero-order valence-corrected chi connectivity index (χ0v) is 15.4. The number of hydrogen-bond donors (Lipinski definition) is 2. The molecule has 0 atom stereocenters. The van der Waals surface area contributed by atoms with Gasteiger partial charge in [-0.1, -0.05) is 0 Å². The molecule has 0 radical (unpaired) electrons. The number of carbonyl (C=O) groups is 1. The largest absolute Gasteiger partial charge is 0.444 e. The maximum absolute atomic E-state index is 11.9. The summed E-state index contributed by atoms with van der Waals surface area (Å²) in [6.45, 7) is 8.38. The van der Waals surface area contributed by atoms with E-state index in [0.29, 0.717) is 25.6 Å². The fourth-order valence-corrected chi connectivity index (χ4v) is 2.94. The van der Waals surface area contributed by atoms with Crippen molar-refractivity contribution in [3.8, 4) is 0 Å². The van der Waals surface area contributed by atoms with Crippen LogP contribution in [-0.2, 0) is 24.2 Å². The van der Waals surface area contributed by atoms with Crippen molar-refractivity contribution in [3.63, 3.8) is 0 Å². The van der Waals surface area contributed by atoms with Gasteiger partial charge in [-0.3, -0.25) is 4.99 Å². The zero-order valence-electron chi connectivity index (χ0n) is 15.4. The topological polar surface area (TPSA) is 96.7 Å². The molecule has 1 aromatic rings. The van der Waals surface area contributed by atoms with Crippen LogP contribution in [0, 0.1) is 0 Å². The second-order valence-corrected chi connectivity index (χ2v) is 7.44. The standard InChI is InChI=1S/C16H27N7O2/c1-16(2,3)25-15(24)22-9-11(10-22)19-14(17-4)18-8-13-21-20-12-6-5-7-23(12)13/h11H,5-10H2,1-4H3,(H2,17,18,19). The van der Waals surface area contributed by atoms with E-state index in [1.54, 1.807) is 11.9 Å². The number of aliphatic imine (C=N–C) groups is 1. The fraction of sp³-hybridized carbons (Fsp3) is 0.750. The van der Waals surface area contributed by atoms with Crippen molar-refractivity contribution in [3.05, 3.63) is 11.6 Å². The van der Waals surface area contributed by atoms with Gasteiger partial charge in [0.15, 0.2) is 11.8 Å². The Kier molecular flexibility index (Phi) is 4.82. The Balaban J connectivity index is 1.42. The number of ether oxygens (including phenoxy) is 1. The van der Waals surface area contributed by atoms with E-state index >= 15 is 0 Å². The van der Waals surface area contributed by atoms with Gasteiger partial charge in [-0.05, 0) is 27.2 Å². The van der Waals surface area contributed by atoms with Crippen LogP contribution in [0.4, 0.5) is 4.79 Å². The quantitative estimate of drug-likeness (QED) is 0.610. The van der Waals surface area contributed by atoms with E-state index in [0.717, 1.165) is 31.0 Å². The highest BCUT2D eigenvalue weighted by molar-refractivity contribution is 5.80. The van der Waals surface area contributed by atoms with Gasteiger partial charge in [-0.15, -0.1) is 10.2 Å². The van der Waals surface area contributed by atoms with Crippen LogP contribution < -0.4 is 10.6 Å². The summed E-state index contributed by atoms with van der Waals surface area (Å²) >= 11 is 0. The van der Waals surface area contributed by atoms with Gasteiger partial charge in [-0.2, -0.15) is 0 Å². The van der Waals surface area contributed by atoms with Gasteiger partial charge in [-0.25, -0.2) is 4.79 Å². The Morgan fingerprint density at radius 2 is 2.12 bits per heavy atom. The van der Waals surface area contributed by atoms with Gasteiger partial charge in [0.25, 0.3) is 0 Å². The number of hydrogen-bond acceptors (Lipinski definition) is 5. The predicted molar refractivity (Wildman–Crippen MR) is 93.3 cm³/mol. The number of guanidine groups is 1. The summed E-state index contributed by atoms with van der Waals surface area (Å²) in [4.78, 5) is 17.9. The predicted octanol–water partition coefficient (Wildman–Crippen LogP) is 0.509. The SMILES string of the molecule is CN=C(NCc1nnc2n1CCC2)NC1CN(C(=O)OC(C)(C)C)C1. The molecular formula is C16H27N7O2. The molecule has 3 heterocycles. The average Bonchev–Trinajstić information content (AvgIpc) is 3.07. The Morgan fingerprint density at radius 1 is 1.36 bits per heavy atom. The lowest BCUT2D eigenvalue weighted by atomic mass is 10.1. The first-order chi connectivity index (χ1) is 11.9. The first-order valence-electron chi connectivity index (χ1n) is 8.72. The zero-order chi connectivity index (χ0) is 18.0. The lowest BCUT2D eigenvalue weighted by Gasteiger charge is -2.40. The molecule has 1 fully saturated rings. The van der Waals surface area contributed by atoms with Crippen molar-refractivity contribution in [2.24, 2.45) is 4.99 Å². The summed E-state index contributed by atoms with van der Waals surface area (Å²) in [5.41, 5.74) is -0.467. The van der Waals surface area contributed by atoms with Gasteiger partial charge in [0.2, 0.25) is 0 Å². The van der Waals surface area contributed by atoms with Gasteiger partial charge in [0, 0.05) is 33.1 Å². The van der Waals surface area contributed by atoms with Crippen molar-refractivity contribution in [1.82, 2.24) is 30.3 Å². The number of carbonyl (C=O) groups excluding carboxylic acids is 1. The average molecular weight is 349 g/mol. The molecular weight excluding hydrogens is 322 g/mol. The minimum atomic E-state index is -0.467. The second-order valence-electron chi connectivity index (χ2n) is 7.44. The minimum absolute atomic E-state index is 0.169. The smallest absolute Gasteiger partial charge is 0.410 e. The van der Waals surface area contributed by atoms with Gasteiger partial charge >= 0.3 is 6.09 Å². The number of likely N-dealkylation sites (tertiary alicyclic amines) is 1. The van der Waals surface area contributed by atoms with E-state index < -0.39 is 5.60 Å². The fourth-order valence-electron chi connectivity index (χ4n) is 2.94. The number of nitrogens with zero attached hydrogens (tertiary/aromatic N) is 5. The van der Waals surface area contributed by atoms with Crippen LogP contribution in [-0.4, -0.2) is 63.5 Å². The van der Waals surface area contributed by atoms with Gasteiger partial charge < -0.3 is 24.8 Å². The monoisotopic (exact) mass is 349 g/mol. The highest BCUT2D eigenvalue weighted by Crippen LogP contribution is 2.15. The molecule has 0 aromatic carbocycles. The molecule has 2 aliphatic rings. The lowest BCUT2D eigenvalue weighted by molar-refractivity contribution is 0.00701. The van der Waals surface area contributed by atoms with Crippen molar-refractivity contribution >= 4 is 12.1 Å². The maximum atomic E-state index is 11.9. The van der Waals surface area contributed by atoms with E-state index in [1.807, 2.05) is 20.8 Å². The molecule has 0 spiro atoms. The third-order valence-corrected chi connectivity index (χ3v) is 4.20. The molecule has 1 amide bonds. The summed E-state index contributed by atoms with van der Waals surface area (Å²) < 4.78 is 7.52. The number of aromatic nitrogens is 3. The Hall–Kier alpha value is -2.32. The molecule has 0 bridgehead atoms. The number of aryl methyl sites for hydroxylation is 1. The number of rotatable bonds is 3. The molecule has 9 heteroatoms. The molecule has 2 aliphatic heterocycles. The van der Waals surface area contributed by atoms with E-state index in [2.05, 4.69) is 30.4 Å².